The van der Waals surface area contributed by atoms with Gasteiger partial charge in [-0.05, 0) is 0 Å². The van der Waals surface area contributed by atoms with Crippen LogP contribution in [0.2, 0.25) is 0 Å². The molecule has 314 valence electrons. The second-order valence-electron chi connectivity index (χ2n) is 12.6. The average molecular weight is 810 g/mol. The van der Waals surface area contributed by atoms with Gasteiger partial charge in [-0.2, -0.15) is 0 Å². The van der Waals surface area contributed by atoms with Crippen molar-refractivity contribution in [1.82, 2.24) is 16.0 Å². The van der Waals surface area contributed by atoms with E-state index in [0.29, 0.717) is 0 Å². The molecule has 15 atom stereocenters. The summed E-state index contributed by atoms with van der Waals surface area (Å²) in [6.07, 6.45) is -24.4. The van der Waals surface area contributed by atoms with E-state index in [-0.39, 0.29) is 0 Å². The summed E-state index contributed by atoms with van der Waals surface area (Å²) < 4.78 is 49.6. The molecule has 3 amide bonds. The number of carboxylic acid groups (broad SMARTS) is 3. The Morgan fingerprint density at radius 2 is 0.768 bits per heavy atom. The Kier molecular flexibility index (Phi) is 15.5. The fraction of sp³-hybridized carbons (Fsp3) is 0.710. The van der Waals surface area contributed by atoms with Crippen LogP contribution in [0.5, 0.6) is 0 Å². The van der Waals surface area contributed by atoms with Crippen molar-refractivity contribution in [3.63, 3.8) is 0 Å². The summed E-state index contributed by atoms with van der Waals surface area (Å²) in [6, 6.07) is -5.24. The van der Waals surface area contributed by atoms with Crippen molar-refractivity contribution < 1.29 is 106 Å². The number of ether oxygens (including phenoxy) is 9. The molecule has 25 heteroatoms. The molecule has 0 bridgehead atoms. The molecule has 3 saturated heterocycles. The Morgan fingerprint density at radius 1 is 0.464 bits per heavy atom. The monoisotopic (exact) mass is 809 g/mol. The summed E-state index contributed by atoms with van der Waals surface area (Å²) in [5.41, 5.74) is 0. The third-order valence-corrected chi connectivity index (χ3v) is 8.27. The molecule has 0 aromatic rings. The van der Waals surface area contributed by atoms with Gasteiger partial charge < -0.3 is 79.0 Å². The predicted octanol–water partition coefficient (Wildman–Crippen LogP) is -4.50. The van der Waals surface area contributed by atoms with E-state index in [1.165, 1.54) is 0 Å². The molecule has 56 heavy (non-hydrogen) atoms. The first-order valence-electron chi connectivity index (χ1n) is 16.6. The number of carboxylic acids is 3. The van der Waals surface area contributed by atoms with Gasteiger partial charge in [-0.1, -0.05) is 0 Å². The highest BCUT2D eigenvalue weighted by atomic mass is 16.8. The fourth-order valence-electron chi connectivity index (χ4n) is 6.38. The number of hydrogen-bond donors (Lipinski definition) is 7. The molecule has 3 aliphatic heterocycles. The number of methoxy groups -OCH3 is 1. The molecular formula is C31H43N3O22. The van der Waals surface area contributed by atoms with E-state index in [0.717, 1.165) is 48.7 Å². The maximum Gasteiger partial charge on any atom is 0.335 e. The van der Waals surface area contributed by atoms with Gasteiger partial charge in [0, 0.05) is 48.7 Å². The Hall–Kier alpha value is -5.05. The highest BCUT2D eigenvalue weighted by Gasteiger charge is 2.60. The van der Waals surface area contributed by atoms with Crippen LogP contribution < -0.4 is 16.0 Å². The second kappa shape index (κ2) is 19.2. The molecule has 3 aliphatic rings. The minimum atomic E-state index is -2.37. The largest absolute Gasteiger partial charge is 0.479 e. The minimum absolute atomic E-state index is 0.809. The number of aliphatic hydroxyl groups excluding tert-OH is 1. The van der Waals surface area contributed by atoms with E-state index in [1.54, 1.807) is 0 Å². The number of nitrogens with one attached hydrogen (secondary N) is 3. The number of aliphatic hydroxyl groups is 1. The van der Waals surface area contributed by atoms with Crippen molar-refractivity contribution in [3.05, 3.63) is 0 Å². The van der Waals surface area contributed by atoms with Crippen LogP contribution in [0.1, 0.15) is 41.5 Å². The number of amides is 3. The minimum Gasteiger partial charge on any atom is -0.479 e. The van der Waals surface area contributed by atoms with E-state index in [2.05, 4.69) is 16.0 Å². The summed E-state index contributed by atoms with van der Waals surface area (Å²) in [7, 11) is 1.05. The molecule has 0 unspecified atom stereocenters. The molecule has 0 aromatic heterocycles. The highest BCUT2D eigenvalue weighted by molar-refractivity contribution is 5.77. The lowest BCUT2D eigenvalue weighted by atomic mass is 9.93. The van der Waals surface area contributed by atoms with Crippen LogP contribution in [0.15, 0.2) is 0 Å². The maximum absolute atomic E-state index is 12.9. The Balaban J connectivity index is 2.21. The van der Waals surface area contributed by atoms with E-state index < -0.39 is 145 Å². The van der Waals surface area contributed by atoms with Gasteiger partial charge in [-0.3, -0.25) is 28.8 Å². The van der Waals surface area contributed by atoms with Crippen LogP contribution in [-0.2, 0) is 85.8 Å². The summed E-state index contributed by atoms with van der Waals surface area (Å²) in [5.74, 6) is -11.1. The number of hydrogen-bond acceptors (Lipinski definition) is 19. The fourth-order valence-corrected chi connectivity index (χ4v) is 6.38. The number of aliphatic carboxylic acids is 3. The number of esters is 3. The van der Waals surface area contributed by atoms with Gasteiger partial charge in [0.15, 0.2) is 55.5 Å². The van der Waals surface area contributed by atoms with Gasteiger partial charge in [0.05, 0.1) is 0 Å². The van der Waals surface area contributed by atoms with Gasteiger partial charge in [-0.25, -0.2) is 14.4 Å². The highest BCUT2D eigenvalue weighted by Crippen LogP contribution is 2.35. The predicted molar refractivity (Wildman–Crippen MR) is 171 cm³/mol. The Bertz CT molecular complexity index is 1540. The molecule has 0 radical (unpaired) electrons. The van der Waals surface area contributed by atoms with Crippen molar-refractivity contribution in [2.24, 2.45) is 0 Å². The SMILES string of the molecule is CO[C@@H]1[C@H](OC(C)=O)[C@@H](NC(C)=O)[C@@H](O[C@@H]2[C@H](OC(C)=O)[C@@H](NC(C)=O)[C@@H](O[C@@H]3[C@H](OC(C)=O)[C@@H](NC(C)=O)[C@@H](O)O[C@@H]3C(=O)O)O[C@@H]2C(=O)O)O[C@@H]1C(=O)O. The molecule has 7 N–H and O–H groups in total. The van der Waals surface area contributed by atoms with Gasteiger partial charge in [0.1, 0.15) is 36.4 Å². The number of carbonyl (C=O) groups is 9. The maximum atomic E-state index is 12.9. The van der Waals surface area contributed by atoms with E-state index in [9.17, 15) is 63.6 Å². The van der Waals surface area contributed by atoms with E-state index >= 15 is 0 Å². The summed E-state index contributed by atoms with van der Waals surface area (Å²) >= 11 is 0. The second-order valence-corrected chi connectivity index (χ2v) is 12.6. The van der Waals surface area contributed by atoms with Crippen molar-refractivity contribution in [3.8, 4) is 0 Å². The molecule has 0 spiro atoms. The third-order valence-electron chi connectivity index (χ3n) is 8.27. The third kappa shape index (κ3) is 11.0. The first kappa shape index (κ1) is 45.3. The van der Waals surface area contributed by atoms with Crippen LogP contribution in [0, 0.1) is 0 Å². The lowest BCUT2D eigenvalue weighted by molar-refractivity contribution is -0.343. The van der Waals surface area contributed by atoms with Gasteiger partial charge >= 0.3 is 35.8 Å². The lowest BCUT2D eigenvalue weighted by Gasteiger charge is -2.50. The molecule has 3 rings (SSSR count). The smallest absolute Gasteiger partial charge is 0.335 e. The normalized spacial score (nSPS) is 35.5. The summed E-state index contributed by atoms with van der Waals surface area (Å²) in [5, 5.41) is 48.0. The standard InChI is InChI=1S/C31H43N3O22/c1-8(35)32-14-17(49-11(4)38)21(24(27(43)44)52-29(14)47)53-31-16(34-10(3)37)19(51-13(6)40)22(25(56-31)28(45)46)54-30-15(33-9(2)36)18(50-12(5)39)20(48-7)23(55-30)26(41)42/h14-25,29-31,47H,1-7H3,(H,32,35)(H,33,36)(H,34,37)(H,41,42)(H,43,44)(H,45,46)/t14-,15-,16-,17-,18-,19-,20-,21-,22-,23+,24+,25+,29+,30+,31+/m1/s1. The molecule has 0 aliphatic carbocycles. The Labute approximate surface area is 316 Å². The van der Waals surface area contributed by atoms with Gasteiger partial charge in [0.25, 0.3) is 0 Å². The van der Waals surface area contributed by atoms with Crippen LogP contribution in [0.4, 0.5) is 0 Å². The topological polar surface area (TPSA) is 354 Å². The first-order valence-corrected chi connectivity index (χ1v) is 16.6. The average Bonchev–Trinajstić information content (AvgIpc) is 3.05. The molecule has 0 saturated carbocycles. The molecule has 3 heterocycles. The molecule has 0 aromatic carbocycles. The van der Waals surface area contributed by atoms with Crippen LogP contribution in [-0.4, -0.2) is 173 Å². The summed E-state index contributed by atoms with van der Waals surface area (Å²) in [6.45, 7) is 5.70. The van der Waals surface area contributed by atoms with Crippen LogP contribution in [0.3, 0.4) is 0 Å². The zero-order chi connectivity index (χ0) is 42.3. The van der Waals surface area contributed by atoms with Crippen LogP contribution >= 0.6 is 0 Å². The zero-order valence-corrected chi connectivity index (χ0v) is 30.8. The molecule has 25 nitrogen and oxygen atoms in total. The van der Waals surface area contributed by atoms with Gasteiger partial charge in [-0.15, -0.1) is 0 Å². The first-order chi connectivity index (χ1) is 26.1. The number of rotatable bonds is 14. The quantitative estimate of drug-likeness (QED) is 0.0642. The number of carbonyl (C=O) groups excluding carboxylic acids is 6. The zero-order valence-electron chi connectivity index (χ0n) is 30.8. The van der Waals surface area contributed by atoms with Crippen molar-refractivity contribution in [2.45, 2.75) is 133 Å². The Morgan fingerprint density at radius 3 is 1.09 bits per heavy atom. The van der Waals surface area contributed by atoms with Crippen molar-refractivity contribution in [2.75, 3.05) is 7.11 Å². The molecule has 3 fully saturated rings. The van der Waals surface area contributed by atoms with Crippen molar-refractivity contribution >= 4 is 53.5 Å². The van der Waals surface area contributed by atoms with Gasteiger partial charge in [0.2, 0.25) is 17.7 Å². The van der Waals surface area contributed by atoms with E-state index in [1.807, 2.05) is 0 Å². The van der Waals surface area contributed by atoms with Crippen molar-refractivity contribution in [1.29, 1.82) is 0 Å². The molecular weight excluding hydrogens is 766 g/mol. The van der Waals surface area contributed by atoms with Crippen LogP contribution in [0.25, 0.3) is 0 Å². The summed E-state index contributed by atoms with van der Waals surface area (Å²) in [4.78, 5) is 111. The van der Waals surface area contributed by atoms with E-state index in [4.69, 9.17) is 42.6 Å². The lowest BCUT2D eigenvalue weighted by Crippen LogP contribution is -2.72.